The summed E-state index contributed by atoms with van der Waals surface area (Å²) in [6.45, 7) is 3.10. The average Bonchev–Trinajstić information content (AvgIpc) is 2.45. The van der Waals surface area contributed by atoms with E-state index >= 15 is 0 Å². The molecule has 2 atom stereocenters. The molecule has 1 heterocycles. The Morgan fingerprint density at radius 3 is 2.60 bits per heavy atom. The van der Waals surface area contributed by atoms with Crippen molar-refractivity contribution in [2.75, 3.05) is 6.61 Å². The molecule has 1 unspecified atom stereocenters. The van der Waals surface area contributed by atoms with Crippen molar-refractivity contribution in [2.45, 2.75) is 24.4 Å². The lowest BCUT2D eigenvalue weighted by molar-refractivity contribution is -0.143. The second-order valence-corrected chi connectivity index (χ2v) is 4.94. The monoisotopic (exact) mass is 274 g/mol. The lowest BCUT2D eigenvalue weighted by atomic mass is 9.90. The van der Waals surface area contributed by atoms with E-state index in [0.29, 0.717) is 6.42 Å². The number of hydrogen-bond acceptors (Lipinski definition) is 3. The van der Waals surface area contributed by atoms with Gasteiger partial charge in [-0.2, -0.15) is 0 Å². The predicted molar refractivity (Wildman–Crippen MR) is 74.9 cm³/mol. The van der Waals surface area contributed by atoms with Crippen molar-refractivity contribution < 1.29 is 14.7 Å². The first kappa shape index (κ1) is 14.3. The maximum absolute atomic E-state index is 12.1. The van der Waals surface area contributed by atoms with E-state index in [2.05, 4.69) is 17.2 Å². The first-order valence-corrected chi connectivity index (χ1v) is 6.50. The van der Waals surface area contributed by atoms with E-state index in [1.165, 1.54) is 6.08 Å². The van der Waals surface area contributed by atoms with E-state index < -0.39 is 18.2 Å². The minimum atomic E-state index is -1.29. The second-order valence-electron chi connectivity index (χ2n) is 4.94. The molecule has 0 saturated carbocycles. The summed E-state index contributed by atoms with van der Waals surface area (Å²) in [5.41, 5.74) is -0.320. The summed E-state index contributed by atoms with van der Waals surface area (Å²) in [7, 11) is 0. The molecule has 2 rings (SSSR count). The van der Waals surface area contributed by atoms with Gasteiger partial charge in [-0.1, -0.05) is 36.4 Å². The van der Waals surface area contributed by atoms with Crippen LogP contribution in [-0.2, 0) is 16.0 Å². The number of carbonyl (C=O) groups excluding carboxylic acids is 2. The standard InChI is InChI=1S/C15H18N2O3/c1-2-8-15(10-18)14(20)16-12(13(19)17-15)9-11-6-4-3-5-7-11/h2-7,12,18H,1,8-10H2,(H,16,20)(H,17,19)/t12-,15?/m0/s1. The van der Waals surface area contributed by atoms with Gasteiger partial charge in [-0.05, 0) is 12.0 Å². The quantitative estimate of drug-likeness (QED) is 0.669. The van der Waals surface area contributed by atoms with Crippen LogP contribution in [0.15, 0.2) is 43.0 Å². The largest absolute Gasteiger partial charge is 0.393 e. The highest BCUT2D eigenvalue weighted by Gasteiger charge is 2.45. The van der Waals surface area contributed by atoms with Gasteiger partial charge in [0.15, 0.2) is 0 Å². The van der Waals surface area contributed by atoms with Crippen LogP contribution in [-0.4, -0.2) is 35.1 Å². The number of aliphatic hydroxyl groups excluding tert-OH is 1. The van der Waals surface area contributed by atoms with E-state index in [9.17, 15) is 14.7 Å². The number of hydrogen-bond donors (Lipinski definition) is 3. The molecule has 1 saturated heterocycles. The maximum atomic E-state index is 12.1. The number of carbonyl (C=O) groups is 2. The van der Waals surface area contributed by atoms with Crippen molar-refractivity contribution in [3.8, 4) is 0 Å². The topological polar surface area (TPSA) is 78.4 Å². The summed E-state index contributed by atoms with van der Waals surface area (Å²) in [5.74, 6) is -0.662. The Morgan fingerprint density at radius 1 is 1.30 bits per heavy atom. The average molecular weight is 274 g/mol. The minimum Gasteiger partial charge on any atom is -0.393 e. The van der Waals surface area contributed by atoms with Gasteiger partial charge in [0.1, 0.15) is 11.6 Å². The molecule has 1 aromatic carbocycles. The van der Waals surface area contributed by atoms with Gasteiger partial charge in [-0.15, -0.1) is 6.58 Å². The van der Waals surface area contributed by atoms with Crippen LogP contribution in [0.1, 0.15) is 12.0 Å². The van der Waals surface area contributed by atoms with Crippen LogP contribution in [0, 0.1) is 0 Å². The Morgan fingerprint density at radius 2 is 2.00 bits per heavy atom. The van der Waals surface area contributed by atoms with Crippen LogP contribution in [0.3, 0.4) is 0 Å². The zero-order valence-electron chi connectivity index (χ0n) is 11.1. The smallest absolute Gasteiger partial charge is 0.249 e. The van der Waals surface area contributed by atoms with Gasteiger partial charge in [-0.25, -0.2) is 0 Å². The number of nitrogens with one attached hydrogen (secondary N) is 2. The molecule has 5 nitrogen and oxygen atoms in total. The van der Waals surface area contributed by atoms with Gasteiger partial charge >= 0.3 is 0 Å². The van der Waals surface area contributed by atoms with Gasteiger partial charge in [0.2, 0.25) is 11.8 Å². The maximum Gasteiger partial charge on any atom is 0.249 e. The highest BCUT2D eigenvalue weighted by molar-refractivity contribution is 6.00. The number of aliphatic hydroxyl groups is 1. The van der Waals surface area contributed by atoms with Gasteiger partial charge in [-0.3, -0.25) is 9.59 Å². The molecule has 0 spiro atoms. The molecule has 1 aliphatic heterocycles. The molecule has 0 radical (unpaired) electrons. The van der Waals surface area contributed by atoms with Crippen LogP contribution in [0.2, 0.25) is 0 Å². The molecule has 0 aliphatic carbocycles. The fourth-order valence-electron chi connectivity index (χ4n) is 2.30. The van der Waals surface area contributed by atoms with Crippen molar-refractivity contribution in [3.05, 3.63) is 48.6 Å². The molecule has 5 heteroatoms. The number of piperazine rings is 1. The van der Waals surface area contributed by atoms with Gasteiger partial charge in [0, 0.05) is 6.42 Å². The summed E-state index contributed by atoms with van der Waals surface area (Å²) in [6.07, 6.45) is 2.13. The van der Waals surface area contributed by atoms with Crippen LogP contribution >= 0.6 is 0 Å². The molecule has 106 valence electrons. The van der Waals surface area contributed by atoms with Crippen molar-refractivity contribution in [2.24, 2.45) is 0 Å². The van der Waals surface area contributed by atoms with Crippen LogP contribution < -0.4 is 10.6 Å². The second kappa shape index (κ2) is 5.88. The fraction of sp³-hybridized carbons (Fsp3) is 0.333. The van der Waals surface area contributed by atoms with E-state index in [0.717, 1.165) is 5.56 Å². The van der Waals surface area contributed by atoms with E-state index in [1.54, 1.807) is 0 Å². The Hall–Kier alpha value is -2.14. The minimum absolute atomic E-state index is 0.194. The van der Waals surface area contributed by atoms with Gasteiger partial charge < -0.3 is 15.7 Å². The first-order chi connectivity index (χ1) is 9.61. The fourth-order valence-corrected chi connectivity index (χ4v) is 2.30. The Kier molecular flexibility index (Phi) is 4.20. The van der Waals surface area contributed by atoms with Crippen molar-refractivity contribution in [3.63, 3.8) is 0 Å². The van der Waals surface area contributed by atoms with Crippen molar-refractivity contribution in [1.29, 1.82) is 0 Å². The summed E-state index contributed by atoms with van der Waals surface area (Å²) in [4.78, 5) is 24.3. The van der Waals surface area contributed by atoms with Gasteiger partial charge in [0.25, 0.3) is 0 Å². The number of rotatable bonds is 5. The van der Waals surface area contributed by atoms with E-state index in [1.807, 2.05) is 30.3 Å². The van der Waals surface area contributed by atoms with E-state index in [4.69, 9.17) is 0 Å². The van der Waals surface area contributed by atoms with Gasteiger partial charge in [0.05, 0.1) is 6.61 Å². The molecule has 3 N–H and O–H groups in total. The summed E-state index contributed by atoms with van der Waals surface area (Å²) < 4.78 is 0. The molecule has 1 fully saturated rings. The molecular weight excluding hydrogens is 256 g/mol. The molecule has 0 bridgehead atoms. The molecule has 0 aromatic heterocycles. The zero-order chi connectivity index (χ0) is 14.6. The molecular formula is C15H18N2O3. The highest BCUT2D eigenvalue weighted by Crippen LogP contribution is 2.17. The first-order valence-electron chi connectivity index (χ1n) is 6.50. The SMILES string of the molecule is C=CCC1(CO)NC(=O)[C@H](Cc2ccccc2)NC1=O. The summed E-state index contributed by atoms with van der Waals surface area (Å²) in [6, 6.07) is 8.84. The third-order valence-corrected chi connectivity index (χ3v) is 3.46. The number of benzene rings is 1. The summed E-state index contributed by atoms with van der Waals surface area (Å²) >= 11 is 0. The lowest BCUT2D eigenvalue weighted by Crippen LogP contribution is -2.71. The zero-order valence-corrected chi connectivity index (χ0v) is 11.1. The van der Waals surface area contributed by atoms with Crippen LogP contribution in [0.4, 0.5) is 0 Å². The molecule has 1 aliphatic rings. The Bertz CT molecular complexity index is 515. The molecule has 20 heavy (non-hydrogen) atoms. The van der Waals surface area contributed by atoms with Crippen molar-refractivity contribution in [1.82, 2.24) is 10.6 Å². The highest BCUT2D eigenvalue weighted by atomic mass is 16.3. The van der Waals surface area contributed by atoms with E-state index in [-0.39, 0.29) is 18.2 Å². The van der Waals surface area contributed by atoms with Crippen LogP contribution in [0.25, 0.3) is 0 Å². The third-order valence-electron chi connectivity index (χ3n) is 3.46. The number of amides is 2. The molecule has 2 amide bonds. The van der Waals surface area contributed by atoms with Crippen molar-refractivity contribution >= 4 is 11.8 Å². The normalized spacial score (nSPS) is 25.8. The lowest BCUT2D eigenvalue weighted by Gasteiger charge is -2.38. The Labute approximate surface area is 117 Å². The predicted octanol–water partition coefficient (Wildman–Crippen LogP) is 0.151. The van der Waals surface area contributed by atoms with Crippen LogP contribution in [0.5, 0.6) is 0 Å². The molecule has 1 aromatic rings. The third kappa shape index (κ3) is 2.72. The summed E-state index contributed by atoms with van der Waals surface area (Å²) in [5, 5.41) is 14.7. The Balaban J connectivity index is 2.12.